The summed E-state index contributed by atoms with van der Waals surface area (Å²) in [6.07, 6.45) is 0. The van der Waals surface area contributed by atoms with Crippen molar-refractivity contribution >= 4 is 10.8 Å². The van der Waals surface area contributed by atoms with E-state index in [2.05, 4.69) is 6.07 Å². The van der Waals surface area contributed by atoms with E-state index in [9.17, 15) is 4.21 Å². The highest BCUT2D eigenvalue weighted by molar-refractivity contribution is 7.85. The molecule has 2 aromatic rings. The van der Waals surface area contributed by atoms with Crippen LogP contribution in [0.4, 0.5) is 0 Å². The summed E-state index contributed by atoms with van der Waals surface area (Å²) in [5.41, 5.74) is 0.479. The average molecular weight is 301 g/mol. The number of ether oxygens (including phenoxy) is 2. The van der Waals surface area contributed by atoms with Crippen LogP contribution in [0.5, 0.6) is 11.5 Å². The van der Waals surface area contributed by atoms with E-state index in [1.165, 1.54) is 0 Å². The molecule has 1 unspecified atom stereocenters. The fourth-order valence-electron chi connectivity index (χ4n) is 1.76. The van der Waals surface area contributed by atoms with E-state index in [1.54, 1.807) is 55.6 Å². The van der Waals surface area contributed by atoms with Crippen LogP contribution >= 0.6 is 0 Å². The van der Waals surface area contributed by atoms with E-state index in [1.807, 2.05) is 0 Å². The van der Waals surface area contributed by atoms with Gasteiger partial charge in [0.15, 0.2) is 0 Å². The second-order valence-corrected chi connectivity index (χ2v) is 5.75. The van der Waals surface area contributed by atoms with E-state index in [-0.39, 0.29) is 6.61 Å². The van der Waals surface area contributed by atoms with Gasteiger partial charge in [-0.1, -0.05) is 12.1 Å². The Hall–Kier alpha value is -2.32. The Labute approximate surface area is 126 Å². The third-order valence-electron chi connectivity index (χ3n) is 2.86. The lowest BCUT2D eigenvalue weighted by Gasteiger charge is -2.08. The molecule has 2 aromatic carbocycles. The maximum atomic E-state index is 12.1. The number of para-hydroxylation sites is 1. The van der Waals surface area contributed by atoms with Gasteiger partial charge in [-0.15, -0.1) is 0 Å². The summed E-state index contributed by atoms with van der Waals surface area (Å²) in [4.78, 5) is 0.730. The van der Waals surface area contributed by atoms with Gasteiger partial charge >= 0.3 is 0 Å². The predicted octanol–water partition coefficient (Wildman–Crippen LogP) is 2.75. The first kappa shape index (κ1) is 15.1. The number of methoxy groups -OCH3 is 1. The molecule has 5 heteroatoms. The molecule has 21 heavy (non-hydrogen) atoms. The van der Waals surface area contributed by atoms with Crippen molar-refractivity contribution in [3.8, 4) is 17.6 Å². The molecule has 0 aliphatic heterocycles. The minimum Gasteiger partial charge on any atom is -0.497 e. The molecule has 0 heterocycles. The highest BCUT2D eigenvalue weighted by atomic mass is 32.2. The normalized spacial score (nSPS) is 11.4. The van der Waals surface area contributed by atoms with Crippen LogP contribution < -0.4 is 9.47 Å². The van der Waals surface area contributed by atoms with Crippen molar-refractivity contribution in [3.63, 3.8) is 0 Å². The summed E-state index contributed by atoms with van der Waals surface area (Å²) in [6.45, 7) is 0.289. The quantitative estimate of drug-likeness (QED) is 0.823. The number of rotatable bonds is 6. The number of hydrogen-bond acceptors (Lipinski definition) is 4. The van der Waals surface area contributed by atoms with E-state index in [0.717, 1.165) is 10.6 Å². The van der Waals surface area contributed by atoms with Crippen LogP contribution in [-0.4, -0.2) is 23.7 Å². The summed E-state index contributed by atoms with van der Waals surface area (Å²) in [5, 5.41) is 8.95. The first-order valence-electron chi connectivity index (χ1n) is 6.39. The molecule has 0 bridgehead atoms. The van der Waals surface area contributed by atoms with Gasteiger partial charge in [0.2, 0.25) is 0 Å². The van der Waals surface area contributed by atoms with Gasteiger partial charge in [0.05, 0.1) is 29.2 Å². The summed E-state index contributed by atoms with van der Waals surface area (Å²) >= 11 is 0. The maximum Gasteiger partial charge on any atom is 0.137 e. The molecule has 1 atom stereocenters. The van der Waals surface area contributed by atoms with E-state index < -0.39 is 10.8 Å². The van der Waals surface area contributed by atoms with Gasteiger partial charge in [-0.2, -0.15) is 5.26 Å². The molecule has 108 valence electrons. The third kappa shape index (κ3) is 4.07. The molecule has 0 spiro atoms. The number of hydrogen-bond donors (Lipinski definition) is 0. The topological polar surface area (TPSA) is 59.3 Å². The molecule has 0 radical (unpaired) electrons. The largest absolute Gasteiger partial charge is 0.497 e. The van der Waals surface area contributed by atoms with E-state index >= 15 is 0 Å². The van der Waals surface area contributed by atoms with Crippen LogP contribution in [-0.2, 0) is 10.8 Å². The Morgan fingerprint density at radius 3 is 2.52 bits per heavy atom. The molecular formula is C16H15NO3S. The highest BCUT2D eigenvalue weighted by Crippen LogP contribution is 2.17. The van der Waals surface area contributed by atoms with Crippen molar-refractivity contribution in [2.75, 3.05) is 19.5 Å². The Morgan fingerprint density at radius 2 is 1.86 bits per heavy atom. The van der Waals surface area contributed by atoms with Crippen LogP contribution in [0.15, 0.2) is 53.4 Å². The van der Waals surface area contributed by atoms with Gasteiger partial charge in [-0.05, 0) is 36.4 Å². The van der Waals surface area contributed by atoms with Gasteiger partial charge in [0, 0.05) is 4.90 Å². The predicted molar refractivity (Wildman–Crippen MR) is 80.9 cm³/mol. The third-order valence-corrected chi connectivity index (χ3v) is 4.19. The van der Waals surface area contributed by atoms with Crippen LogP contribution in [0.1, 0.15) is 5.56 Å². The van der Waals surface area contributed by atoms with Crippen LogP contribution in [0.3, 0.4) is 0 Å². The minimum absolute atomic E-state index is 0.289. The van der Waals surface area contributed by atoms with Crippen LogP contribution in [0, 0.1) is 11.3 Å². The van der Waals surface area contributed by atoms with Gasteiger partial charge < -0.3 is 9.47 Å². The minimum atomic E-state index is -1.14. The smallest absolute Gasteiger partial charge is 0.137 e. The standard InChI is InChI=1S/C16H15NO3S/c1-19-14-6-8-15(9-7-14)21(18)11-10-20-16-5-3-2-4-13(16)12-17/h2-9H,10-11H2,1H3. The van der Waals surface area contributed by atoms with Crippen molar-refractivity contribution in [3.05, 3.63) is 54.1 Å². The SMILES string of the molecule is COc1ccc(S(=O)CCOc2ccccc2C#N)cc1. The van der Waals surface area contributed by atoms with Crippen LogP contribution in [0.25, 0.3) is 0 Å². The Kier molecular flexibility index (Phi) is 5.35. The molecule has 2 rings (SSSR count). The molecule has 0 fully saturated rings. The molecule has 0 aliphatic rings. The molecule has 0 N–H and O–H groups in total. The lowest BCUT2D eigenvalue weighted by Crippen LogP contribution is -2.09. The molecular weight excluding hydrogens is 286 g/mol. The molecule has 4 nitrogen and oxygen atoms in total. The maximum absolute atomic E-state index is 12.1. The first-order chi connectivity index (χ1) is 10.2. The molecule has 0 aliphatic carbocycles. The zero-order valence-electron chi connectivity index (χ0n) is 11.6. The van der Waals surface area contributed by atoms with E-state index in [4.69, 9.17) is 14.7 Å². The second-order valence-electron chi connectivity index (χ2n) is 4.18. The van der Waals surface area contributed by atoms with Crippen LogP contribution in [0.2, 0.25) is 0 Å². The number of nitriles is 1. The fourth-order valence-corrected chi connectivity index (χ4v) is 2.67. The average Bonchev–Trinajstić information content (AvgIpc) is 2.55. The van der Waals surface area contributed by atoms with Gasteiger partial charge in [-0.3, -0.25) is 4.21 Å². The Balaban J connectivity index is 1.91. The molecule has 0 aromatic heterocycles. The molecule has 0 saturated carbocycles. The highest BCUT2D eigenvalue weighted by Gasteiger charge is 2.06. The van der Waals surface area contributed by atoms with Crippen molar-refractivity contribution in [1.82, 2.24) is 0 Å². The number of benzene rings is 2. The number of nitrogens with zero attached hydrogens (tertiary/aromatic N) is 1. The van der Waals surface area contributed by atoms with Gasteiger partial charge in [-0.25, -0.2) is 0 Å². The molecule has 0 saturated heterocycles. The van der Waals surface area contributed by atoms with Crippen molar-refractivity contribution in [1.29, 1.82) is 5.26 Å². The first-order valence-corrected chi connectivity index (χ1v) is 7.71. The summed E-state index contributed by atoms with van der Waals surface area (Å²) in [5.74, 6) is 1.62. The van der Waals surface area contributed by atoms with Crippen molar-refractivity contribution < 1.29 is 13.7 Å². The van der Waals surface area contributed by atoms with Crippen molar-refractivity contribution in [2.45, 2.75) is 4.90 Å². The Bertz CT molecular complexity index is 662. The summed E-state index contributed by atoms with van der Waals surface area (Å²) in [7, 11) is 0.450. The summed E-state index contributed by atoms with van der Waals surface area (Å²) in [6, 6.07) is 16.2. The second kappa shape index (κ2) is 7.46. The van der Waals surface area contributed by atoms with Crippen molar-refractivity contribution in [2.24, 2.45) is 0 Å². The fraction of sp³-hybridized carbons (Fsp3) is 0.188. The zero-order valence-corrected chi connectivity index (χ0v) is 12.4. The van der Waals surface area contributed by atoms with Gasteiger partial charge in [0.25, 0.3) is 0 Å². The lowest BCUT2D eigenvalue weighted by atomic mass is 10.2. The Morgan fingerprint density at radius 1 is 1.14 bits per heavy atom. The molecule has 0 amide bonds. The zero-order chi connectivity index (χ0) is 15.1. The monoisotopic (exact) mass is 301 g/mol. The van der Waals surface area contributed by atoms with Gasteiger partial charge in [0.1, 0.15) is 24.2 Å². The van der Waals surface area contributed by atoms with E-state index in [0.29, 0.717) is 17.1 Å². The summed E-state index contributed by atoms with van der Waals surface area (Å²) < 4.78 is 22.7. The lowest BCUT2D eigenvalue weighted by molar-refractivity contribution is 0.341.